The Bertz CT molecular complexity index is 2610. The first-order valence-corrected chi connectivity index (χ1v) is 35.3. The highest BCUT2D eigenvalue weighted by atomic mass is 31.0. The third-order valence-electron chi connectivity index (χ3n) is 18.8. The van der Waals surface area contributed by atoms with Crippen molar-refractivity contribution in [1.29, 1.82) is 0 Å². The third kappa shape index (κ3) is 19.7. The Labute approximate surface area is 512 Å². The van der Waals surface area contributed by atoms with E-state index in [0.717, 1.165) is 71.8 Å². The minimum absolute atomic E-state index is 0.0686. The summed E-state index contributed by atoms with van der Waals surface area (Å²) in [7, 11) is 4.98. The van der Waals surface area contributed by atoms with E-state index < -0.39 is 5.97 Å². The van der Waals surface area contributed by atoms with Crippen LogP contribution in [0.4, 0.5) is 11.4 Å². The highest BCUT2D eigenvalue weighted by molar-refractivity contribution is 7.26. The van der Waals surface area contributed by atoms with Crippen molar-refractivity contribution in [1.82, 2.24) is 0 Å². The van der Waals surface area contributed by atoms with E-state index in [1.807, 2.05) is 24.0 Å². The summed E-state index contributed by atoms with van der Waals surface area (Å²) in [5, 5.41) is 2.15. The Morgan fingerprint density at radius 2 is 0.857 bits per heavy atom. The number of unbranched alkanes of at least 4 members (excludes halogenated alkanes) is 32. The van der Waals surface area contributed by atoms with Crippen molar-refractivity contribution in [2.45, 2.75) is 291 Å². The highest BCUT2D eigenvalue weighted by Gasteiger charge is 2.44. The van der Waals surface area contributed by atoms with Gasteiger partial charge in [0.05, 0.1) is 29.6 Å². The first-order valence-electron chi connectivity index (χ1n) is 34.8. The molecule has 3 aliphatic rings. The number of hydrogen-bond acceptors (Lipinski definition) is 6. The zero-order valence-corrected chi connectivity index (χ0v) is 54.8. The minimum Gasteiger partial charge on any atom is -0.496 e. The number of anilines is 2. The van der Waals surface area contributed by atoms with Crippen LogP contribution in [-0.4, -0.2) is 49.6 Å². The summed E-state index contributed by atoms with van der Waals surface area (Å²) >= 11 is 0. The maximum atomic E-state index is 15.8. The summed E-state index contributed by atoms with van der Waals surface area (Å²) in [5.41, 5.74) is 5.64. The average molecular weight is 1170 g/mol. The fourth-order valence-electron chi connectivity index (χ4n) is 13.9. The van der Waals surface area contributed by atoms with Crippen LogP contribution < -0.4 is 19.3 Å². The van der Waals surface area contributed by atoms with Gasteiger partial charge in [-0.05, 0) is 56.6 Å². The molecule has 0 saturated carbocycles. The average Bonchev–Trinajstić information content (AvgIpc) is 1.80. The second-order valence-electron chi connectivity index (χ2n) is 25.5. The third-order valence-corrected chi connectivity index (χ3v) is 19.2. The van der Waals surface area contributed by atoms with E-state index in [2.05, 4.69) is 59.7 Å². The van der Waals surface area contributed by atoms with Gasteiger partial charge < -0.3 is 19.3 Å². The lowest BCUT2D eigenvalue weighted by Gasteiger charge is -2.28. The van der Waals surface area contributed by atoms with Gasteiger partial charge in [-0.1, -0.05) is 289 Å². The molecular formula is C75H113N2O6P. The first kappa shape index (κ1) is 68.6. The first-order chi connectivity index (χ1) is 41.2. The maximum Gasteiger partial charge on any atom is 0.345 e. The molecule has 0 N–H and O–H groups in total. The molecule has 0 spiro atoms. The SMILES string of the molecule is C/C=C1/C(=O)N(CC(CCCCCCCCCC)CCCCCCCCCCCC)c2c1ccc1c3c(ccc21)/C(=C1\C(=O)Oc2cc(C(=P)C=O)c(OC)cc21)C(=O)N3CC(CCCCCCCCCC)CCCCCCCCCCCC. The molecule has 3 aliphatic heterocycles. The number of amides is 2. The van der Waals surface area contributed by atoms with Crippen molar-refractivity contribution in [3.8, 4) is 11.5 Å². The van der Waals surface area contributed by atoms with E-state index in [1.165, 1.54) is 225 Å². The van der Waals surface area contributed by atoms with Crippen LogP contribution in [0.25, 0.3) is 27.5 Å². The topological polar surface area (TPSA) is 93.2 Å². The zero-order chi connectivity index (χ0) is 59.9. The van der Waals surface area contributed by atoms with Crippen LogP contribution in [0.3, 0.4) is 0 Å². The lowest BCUT2D eigenvalue weighted by atomic mass is 9.92. The number of carbonyl (C=O) groups excluding carboxylic acids is 4. The van der Waals surface area contributed by atoms with E-state index in [-0.39, 0.29) is 34.3 Å². The molecule has 6 rings (SSSR count). The van der Waals surface area contributed by atoms with Crippen molar-refractivity contribution in [2.75, 3.05) is 30.0 Å². The molecule has 84 heavy (non-hydrogen) atoms. The van der Waals surface area contributed by atoms with Crippen LogP contribution in [0.2, 0.25) is 0 Å². The summed E-state index contributed by atoms with van der Waals surface area (Å²) in [6.45, 7) is 12.3. The van der Waals surface area contributed by atoms with Crippen molar-refractivity contribution < 1.29 is 28.7 Å². The van der Waals surface area contributed by atoms with Crippen LogP contribution in [0.5, 0.6) is 11.5 Å². The summed E-state index contributed by atoms with van der Waals surface area (Å²) in [4.78, 5) is 61.4. The number of nitrogens with zero attached hydrogens (tertiary/aromatic N) is 2. The fraction of sp³-hybridized carbons (Fsp3) is 0.667. The molecule has 0 fully saturated rings. The molecule has 464 valence electrons. The molecule has 3 aromatic carbocycles. The Balaban J connectivity index is 1.37. The number of allylic oxidation sites excluding steroid dienone is 1. The van der Waals surface area contributed by atoms with Crippen LogP contribution >= 0.6 is 8.86 Å². The van der Waals surface area contributed by atoms with Gasteiger partial charge in [0.15, 0.2) is 6.29 Å². The zero-order valence-electron chi connectivity index (χ0n) is 53.8. The highest BCUT2D eigenvalue weighted by Crippen LogP contribution is 2.53. The van der Waals surface area contributed by atoms with Crippen LogP contribution in [0, 0.1) is 11.8 Å². The number of methoxy groups -OCH3 is 1. The molecule has 0 bridgehead atoms. The minimum atomic E-state index is -0.601. The summed E-state index contributed by atoms with van der Waals surface area (Å²) < 4.78 is 11.8. The molecule has 0 aliphatic carbocycles. The van der Waals surface area contributed by atoms with Gasteiger partial charge in [-0.15, -0.1) is 8.86 Å². The molecule has 0 radical (unpaired) electrons. The van der Waals surface area contributed by atoms with Gasteiger partial charge in [-0.3, -0.25) is 14.4 Å². The van der Waals surface area contributed by atoms with Gasteiger partial charge in [-0.2, -0.15) is 0 Å². The molecule has 0 aromatic heterocycles. The normalized spacial score (nSPS) is 15.8. The Morgan fingerprint density at radius 1 is 0.488 bits per heavy atom. The molecule has 2 amide bonds. The Hall–Kier alpha value is -4.55. The van der Waals surface area contributed by atoms with Gasteiger partial charge in [0.2, 0.25) is 0 Å². The summed E-state index contributed by atoms with van der Waals surface area (Å²) in [6.07, 6.45) is 53.1. The van der Waals surface area contributed by atoms with Crippen LogP contribution in [-0.2, 0) is 19.2 Å². The number of hydrogen-bond donors (Lipinski definition) is 0. The van der Waals surface area contributed by atoms with Gasteiger partial charge in [0.1, 0.15) is 11.5 Å². The Morgan fingerprint density at radius 3 is 1.24 bits per heavy atom. The fourth-order valence-corrected chi connectivity index (χ4v) is 14.1. The number of carbonyl (C=O) groups is 4. The number of benzene rings is 3. The van der Waals surface area contributed by atoms with E-state index in [9.17, 15) is 14.4 Å². The lowest BCUT2D eigenvalue weighted by molar-refractivity contribution is -0.127. The van der Waals surface area contributed by atoms with E-state index >= 15 is 4.79 Å². The second kappa shape index (κ2) is 38.6. The van der Waals surface area contributed by atoms with Crippen molar-refractivity contribution in [2.24, 2.45) is 11.8 Å². The molecule has 0 saturated heterocycles. The summed E-state index contributed by atoms with van der Waals surface area (Å²) in [6, 6.07) is 11.8. The molecule has 3 aromatic rings. The largest absolute Gasteiger partial charge is 0.496 e. The van der Waals surface area contributed by atoms with Crippen LogP contribution in [0.15, 0.2) is 42.5 Å². The quantitative estimate of drug-likeness (QED) is 0.0140. The molecule has 9 heteroatoms. The van der Waals surface area contributed by atoms with E-state index in [0.29, 0.717) is 53.3 Å². The maximum absolute atomic E-state index is 15.8. The molecule has 8 nitrogen and oxygen atoms in total. The molecule has 2 unspecified atom stereocenters. The predicted octanol–water partition coefficient (Wildman–Crippen LogP) is 21.6. The second-order valence-corrected chi connectivity index (χ2v) is 26.0. The number of aldehydes is 1. The van der Waals surface area contributed by atoms with E-state index in [1.54, 1.807) is 12.1 Å². The van der Waals surface area contributed by atoms with Crippen molar-refractivity contribution >= 4 is 77.1 Å². The molecular weight excluding hydrogens is 1060 g/mol. The smallest absolute Gasteiger partial charge is 0.345 e. The number of rotatable bonds is 47. The standard InChI is InChI=1S/C75H113N2O6P/c1-7-12-16-20-24-28-30-34-38-41-45-57(44-40-36-32-26-22-18-14-9-3)54-76-71-60(59(11-5)73(76)79)48-49-62-61(71)50-51-63-69(70-65-53-66(82-6)64(68(84)56-78)52-67(65)83-75(70)81)74(80)77(72(62)63)55-58(46-42-37-33-27-23-19-15-10-4)47-43-39-35-31-29-25-21-17-13-8-2/h11,48-53,56-58,84H,7-10,12-47,54-55H2,1-6H3/b59-11+,70-69+. The number of esters is 1. The number of fused-ring (bicyclic) bond motifs is 6. The number of ether oxygens (including phenoxy) is 2. The van der Waals surface area contributed by atoms with Crippen molar-refractivity contribution in [3.05, 3.63) is 64.7 Å². The van der Waals surface area contributed by atoms with Gasteiger partial charge in [0, 0.05) is 57.0 Å². The monoisotopic (exact) mass is 1170 g/mol. The molecule has 2 atom stereocenters. The lowest BCUT2D eigenvalue weighted by Crippen LogP contribution is -2.33. The summed E-state index contributed by atoms with van der Waals surface area (Å²) in [5.74, 6) is 0.582. The predicted molar refractivity (Wildman–Crippen MR) is 361 cm³/mol. The van der Waals surface area contributed by atoms with Gasteiger partial charge >= 0.3 is 5.97 Å². The van der Waals surface area contributed by atoms with Crippen molar-refractivity contribution in [3.63, 3.8) is 0 Å². The van der Waals surface area contributed by atoms with Crippen LogP contribution in [0.1, 0.15) is 314 Å². The van der Waals surface area contributed by atoms with Gasteiger partial charge in [-0.25, -0.2) is 4.79 Å². The Kier molecular flexibility index (Phi) is 31.5. The van der Waals surface area contributed by atoms with E-state index in [4.69, 9.17) is 9.47 Å². The van der Waals surface area contributed by atoms with Gasteiger partial charge in [0.25, 0.3) is 11.8 Å². The molecule has 3 heterocycles.